The summed E-state index contributed by atoms with van der Waals surface area (Å²) >= 11 is 0. The number of hydrogen-bond donors (Lipinski definition) is 0. The van der Waals surface area contributed by atoms with E-state index >= 15 is 0 Å². The van der Waals surface area contributed by atoms with E-state index in [1.165, 1.54) is 12.0 Å². The smallest absolute Gasteiger partial charge is 0.310 e. The summed E-state index contributed by atoms with van der Waals surface area (Å²) in [5, 5.41) is 2.29. The number of methoxy groups -OCH3 is 2. The molecule has 0 bridgehead atoms. The maximum atomic E-state index is 11.8. The molecule has 29 heavy (non-hydrogen) atoms. The van der Waals surface area contributed by atoms with E-state index < -0.39 is 0 Å². The number of hydrogen-bond acceptors (Lipinski definition) is 3. The highest BCUT2D eigenvalue weighted by Crippen LogP contribution is 2.29. The van der Waals surface area contributed by atoms with Gasteiger partial charge in [-0.1, -0.05) is 60.7 Å². The molecule has 0 aliphatic carbocycles. The lowest BCUT2D eigenvalue weighted by Crippen LogP contribution is -2.12. The van der Waals surface area contributed by atoms with Gasteiger partial charge in [-0.25, -0.2) is 0 Å². The predicted octanol–water partition coefficient (Wildman–Crippen LogP) is 5.32. The fraction of sp³-hybridized carbons (Fsp3) is 0.160. The van der Waals surface area contributed by atoms with Crippen molar-refractivity contribution in [3.8, 4) is 5.75 Å². The summed E-state index contributed by atoms with van der Waals surface area (Å²) in [7, 11) is 2.83. The first-order valence-electron chi connectivity index (χ1n) is 9.44. The lowest BCUT2D eigenvalue weighted by atomic mass is 10.00. The number of carbonyl (C=O) groups is 1. The maximum absolute atomic E-state index is 11.8. The molecule has 3 nitrogen and oxygen atoms in total. The number of esters is 1. The maximum Gasteiger partial charge on any atom is 0.310 e. The Bertz CT molecular complexity index is 893. The van der Waals surface area contributed by atoms with Gasteiger partial charge in [-0.2, -0.15) is 0 Å². The highest BCUT2D eigenvalue weighted by molar-refractivity contribution is 7.99. The van der Waals surface area contributed by atoms with Crippen LogP contribution in [0.25, 0.3) is 5.57 Å². The van der Waals surface area contributed by atoms with Crippen molar-refractivity contribution in [2.24, 2.45) is 0 Å². The average molecular weight is 406 g/mol. The molecule has 1 atom stereocenters. The Hall–Kier alpha value is -2.98. The first kappa shape index (κ1) is 20.7. The fourth-order valence-corrected chi connectivity index (χ4v) is 4.89. The van der Waals surface area contributed by atoms with E-state index in [2.05, 4.69) is 41.8 Å². The van der Waals surface area contributed by atoms with Crippen LogP contribution in [-0.4, -0.2) is 25.9 Å². The van der Waals surface area contributed by atoms with Gasteiger partial charge >= 0.3 is 5.97 Å². The third-order valence-corrected chi connectivity index (χ3v) is 6.59. The molecule has 0 spiro atoms. The highest BCUT2D eigenvalue weighted by atomic mass is 32.2. The fourth-order valence-electron chi connectivity index (χ4n) is 2.97. The number of benzene rings is 3. The Morgan fingerprint density at radius 2 is 1.38 bits per heavy atom. The molecule has 0 aliphatic rings. The molecule has 3 rings (SSSR count). The van der Waals surface area contributed by atoms with E-state index in [0.29, 0.717) is 12.2 Å². The summed E-state index contributed by atoms with van der Waals surface area (Å²) < 4.78 is 10.2. The molecule has 3 aromatic carbocycles. The molecule has 0 amide bonds. The van der Waals surface area contributed by atoms with Crippen LogP contribution in [0.5, 0.6) is 5.75 Å². The van der Waals surface area contributed by atoms with Gasteiger partial charge in [0.25, 0.3) is 0 Å². The van der Waals surface area contributed by atoms with Gasteiger partial charge in [0.05, 0.1) is 31.5 Å². The molecular formula is C25H25O3S+. The first-order chi connectivity index (χ1) is 14.2. The van der Waals surface area contributed by atoms with Crippen molar-refractivity contribution >= 4 is 22.4 Å². The van der Waals surface area contributed by atoms with Gasteiger partial charge in [-0.05, 0) is 35.4 Å². The Morgan fingerprint density at radius 1 is 0.828 bits per heavy atom. The molecular weight excluding hydrogens is 380 g/mol. The van der Waals surface area contributed by atoms with Crippen LogP contribution < -0.4 is 4.74 Å². The Morgan fingerprint density at radius 3 is 1.86 bits per heavy atom. The molecule has 0 saturated carbocycles. The lowest BCUT2D eigenvalue weighted by Gasteiger charge is -2.10. The largest absolute Gasteiger partial charge is 0.497 e. The van der Waals surface area contributed by atoms with Gasteiger partial charge in [0.15, 0.2) is 4.90 Å². The molecule has 0 radical (unpaired) electrons. The zero-order valence-corrected chi connectivity index (χ0v) is 17.5. The molecule has 148 valence electrons. The van der Waals surface area contributed by atoms with E-state index in [9.17, 15) is 4.79 Å². The molecule has 4 heteroatoms. The van der Waals surface area contributed by atoms with E-state index in [0.717, 1.165) is 22.4 Å². The van der Waals surface area contributed by atoms with Crippen molar-refractivity contribution in [3.05, 3.63) is 101 Å². The van der Waals surface area contributed by atoms with Gasteiger partial charge in [0.2, 0.25) is 0 Å². The summed E-state index contributed by atoms with van der Waals surface area (Å²) in [4.78, 5) is 13.0. The monoisotopic (exact) mass is 405 g/mol. The van der Waals surface area contributed by atoms with Gasteiger partial charge in [-0.3, -0.25) is 4.79 Å². The summed E-state index contributed by atoms with van der Waals surface area (Å²) in [6.07, 6.45) is 0.374. The normalized spacial score (nSPS) is 11.4. The van der Waals surface area contributed by atoms with Crippen LogP contribution in [0, 0.1) is 0 Å². The van der Waals surface area contributed by atoms with E-state index in [1.54, 1.807) is 7.11 Å². The average Bonchev–Trinajstić information content (AvgIpc) is 2.80. The van der Waals surface area contributed by atoms with Gasteiger partial charge in [0.1, 0.15) is 16.9 Å². The first-order valence-corrected chi connectivity index (χ1v) is 10.9. The molecule has 0 saturated heterocycles. The summed E-state index contributed by atoms with van der Waals surface area (Å²) in [6.45, 7) is 0. The van der Waals surface area contributed by atoms with E-state index in [-0.39, 0.29) is 16.9 Å². The topological polar surface area (TPSA) is 35.5 Å². The zero-order chi connectivity index (χ0) is 20.5. The van der Waals surface area contributed by atoms with Crippen LogP contribution in [0.15, 0.2) is 95.2 Å². The highest BCUT2D eigenvalue weighted by Gasteiger charge is 2.24. The Kier molecular flexibility index (Phi) is 7.54. The Labute approximate surface area is 175 Å². The van der Waals surface area contributed by atoms with Gasteiger partial charge < -0.3 is 9.47 Å². The summed E-state index contributed by atoms with van der Waals surface area (Å²) in [5.74, 6) is 1.33. The minimum atomic E-state index is -0.270. The lowest BCUT2D eigenvalue weighted by molar-refractivity contribution is -0.140. The van der Waals surface area contributed by atoms with Crippen LogP contribution in [0.4, 0.5) is 0 Å². The minimum Gasteiger partial charge on any atom is -0.497 e. The molecule has 3 aromatic rings. The molecule has 1 unspecified atom stereocenters. The number of rotatable bonds is 8. The van der Waals surface area contributed by atoms with Crippen LogP contribution in [0.2, 0.25) is 0 Å². The number of ether oxygens (including phenoxy) is 2. The minimum absolute atomic E-state index is 0.189. The second kappa shape index (κ2) is 10.5. The second-order valence-corrected chi connectivity index (χ2v) is 8.37. The van der Waals surface area contributed by atoms with Crippen LogP contribution >= 0.6 is 0 Å². The standard InChI is InChI=1S/C25H25O3S/c1-27-22-13-15-23(16-14-22)29(18-17-25(26)28-2)19-24(20-9-5-3-6-10-20)21-11-7-4-8-12-21/h3-16,19H,17-18H2,1-2H3/q+1. The molecule has 0 N–H and O–H groups in total. The quantitative estimate of drug-likeness (QED) is 0.376. The van der Waals surface area contributed by atoms with Crippen molar-refractivity contribution < 1.29 is 14.3 Å². The van der Waals surface area contributed by atoms with Crippen molar-refractivity contribution in [3.63, 3.8) is 0 Å². The van der Waals surface area contributed by atoms with Crippen LogP contribution in [0.1, 0.15) is 17.5 Å². The molecule has 0 fully saturated rings. The second-order valence-electron chi connectivity index (χ2n) is 6.40. The van der Waals surface area contributed by atoms with Crippen LogP contribution in [0.3, 0.4) is 0 Å². The van der Waals surface area contributed by atoms with Crippen LogP contribution in [-0.2, 0) is 20.4 Å². The van der Waals surface area contributed by atoms with Crippen molar-refractivity contribution in [1.82, 2.24) is 0 Å². The summed E-state index contributed by atoms with van der Waals surface area (Å²) in [6, 6.07) is 28.8. The number of carbonyl (C=O) groups excluding carboxylic acids is 1. The van der Waals surface area contributed by atoms with Crippen molar-refractivity contribution in [2.75, 3.05) is 20.0 Å². The third-order valence-electron chi connectivity index (χ3n) is 4.55. The SMILES string of the molecule is COC(=O)CC[S+](C=C(c1ccccc1)c1ccccc1)c1ccc(OC)cc1. The summed E-state index contributed by atoms with van der Waals surface area (Å²) in [5.41, 5.74) is 3.47. The van der Waals surface area contributed by atoms with E-state index in [4.69, 9.17) is 9.47 Å². The van der Waals surface area contributed by atoms with Crippen molar-refractivity contribution in [2.45, 2.75) is 11.3 Å². The van der Waals surface area contributed by atoms with Gasteiger partial charge in [0, 0.05) is 5.57 Å². The third kappa shape index (κ3) is 5.75. The zero-order valence-electron chi connectivity index (χ0n) is 16.7. The molecule has 0 aromatic heterocycles. The van der Waals surface area contributed by atoms with Gasteiger partial charge in [-0.15, -0.1) is 0 Å². The molecule has 0 heterocycles. The predicted molar refractivity (Wildman–Crippen MR) is 120 cm³/mol. The van der Waals surface area contributed by atoms with E-state index in [1.807, 2.05) is 48.5 Å². The Balaban J connectivity index is 2.04. The van der Waals surface area contributed by atoms with Crippen molar-refractivity contribution in [1.29, 1.82) is 0 Å². The molecule has 0 aliphatic heterocycles.